The third-order valence-electron chi connectivity index (χ3n) is 3.15. The molecule has 0 saturated heterocycles. The summed E-state index contributed by atoms with van der Waals surface area (Å²) in [6, 6.07) is 7.23. The molecule has 25 heavy (non-hydrogen) atoms. The van der Waals surface area contributed by atoms with Gasteiger partial charge in [0.25, 0.3) is 10.0 Å². The second-order valence-corrected chi connectivity index (χ2v) is 6.91. The van der Waals surface area contributed by atoms with Gasteiger partial charge in [-0.2, -0.15) is 0 Å². The quantitative estimate of drug-likeness (QED) is 0.767. The van der Waals surface area contributed by atoms with Gasteiger partial charge in [-0.1, -0.05) is 11.6 Å². The number of nitrogens with one attached hydrogen (secondary N) is 1. The van der Waals surface area contributed by atoms with Crippen LogP contribution in [0.2, 0.25) is 5.02 Å². The lowest BCUT2D eigenvalue weighted by Crippen LogP contribution is -2.14. The number of rotatable bonds is 6. The van der Waals surface area contributed by atoms with Crippen molar-refractivity contribution < 1.29 is 27.1 Å². The Morgan fingerprint density at radius 1 is 1.24 bits per heavy atom. The molecule has 0 spiro atoms. The largest absolute Gasteiger partial charge is 0.494 e. The van der Waals surface area contributed by atoms with Gasteiger partial charge >= 0.3 is 5.97 Å². The first-order valence-corrected chi connectivity index (χ1v) is 8.97. The van der Waals surface area contributed by atoms with Gasteiger partial charge in [-0.25, -0.2) is 17.6 Å². The van der Waals surface area contributed by atoms with Crippen molar-refractivity contribution in [3.63, 3.8) is 0 Å². The summed E-state index contributed by atoms with van der Waals surface area (Å²) in [5.41, 5.74) is -0.0711. The van der Waals surface area contributed by atoms with Crippen LogP contribution in [0.25, 0.3) is 0 Å². The third kappa shape index (κ3) is 4.40. The molecule has 2 rings (SSSR count). The van der Waals surface area contributed by atoms with Gasteiger partial charge in [-0.3, -0.25) is 4.72 Å². The van der Waals surface area contributed by atoms with Gasteiger partial charge in [-0.15, -0.1) is 0 Å². The van der Waals surface area contributed by atoms with Gasteiger partial charge in [0.05, 0.1) is 34.9 Å². The molecular weight excluding hydrogens is 373 g/mol. The molecule has 0 unspecified atom stereocenters. The van der Waals surface area contributed by atoms with E-state index in [-0.39, 0.29) is 33.5 Å². The molecule has 0 heterocycles. The van der Waals surface area contributed by atoms with Gasteiger partial charge in [0, 0.05) is 6.07 Å². The van der Waals surface area contributed by atoms with E-state index in [1.165, 1.54) is 31.4 Å². The van der Waals surface area contributed by atoms with E-state index in [0.717, 1.165) is 12.1 Å². The van der Waals surface area contributed by atoms with Crippen LogP contribution in [0.3, 0.4) is 0 Å². The molecule has 0 bridgehead atoms. The zero-order chi connectivity index (χ0) is 18.6. The van der Waals surface area contributed by atoms with Crippen molar-refractivity contribution in [3.05, 3.63) is 52.8 Å². The molecule has 0 fully saturated rings. The van der Waals surface area contributed by atoms with Crippen LogP contribution < -0.4 is 9.46 Å². The van der Waals surface area contributed by atoms with E-state index in [4.69, 9.17) is 21.1 Å². The minimum atomic E-state index is -4.06. The zero-order valence-corrected chi connectivity index (χ0v) is 14.9. The number of carbonyl (C=O) groups excluding carboxylic acids is 1. The molecule has 2 aromatic carbocycles. The lowest BCUT2D eigenvalue weighted by Gasteiger charge is -2.11. The molecule has 0 atom stereocenters. The maximum atomic E-state index is 13.7. The number of hydrogen-bond acceptors (Lipinski definition) is 5. The Morgan fingerprint density at radius 3 is 2.56 bits per heavy atom. The SMILES string of the molecule is CCOC(=O)c1cc(S(=O)(=O)Nc2ccc(OC)c(F)c2)ccc1Cl. The highest BCUT2D eigenvalue weighted by Crippen LogP contribution is 2.25. The van der Waals surface area contributed by atoms with Crippen molar-refractivity contribution >= 4 is 33.3 Å². The minimum Gasteiger partial charge on any atom is -0.494 e. The molecule has 6 nitrogen and oxygen atoms in total. The molecule has 0 radical (unpaired) electrons. The van der Waals surface area contributed by atoms with Crippen molar-refractivity contribution in [3.8, 4) is 5.75 Å². The average Bonchev–Trinajstić information content (AvgIpc) is 2.55. The molecule has 0 saturated carbocycles. The molecule has 2 aromatic rings. The number of halogens is 2. The first-order valence-electron chi connectivity index (χ1n) is 7.11. The molecule has 0 aromatic heterocycles. The predicted octanol–water partition coefficient (Wildman–Crippen LogP) is 3.47. The molecule has 9 heteroatoms. The van der Waals surface area contributed by atoms with Crippen molar-refractivity contribution in [2.24, 2.45) is 0 Å². The third-order valence-corrected chi connectivity index (χ3v) is 4.86. The van der Waals surface area contributed by atoms with Crippen molar-refractivity contribution in [1.29, 1.82) is 0 Å². The molecular formula is C16H15ClFNO5S. The number of methoxy groups -OCH3 is 1. The van der Waals surface area contributed by atoms with Gasteiger partial charge in [-0.05, 0) is 37.3 Å². The number of ether oxygens (including phenoxy) is 2. The number of benzene rings is 2. The fourth-order valence-electron chi connectivity index (χ4n) is 1.98. The Kier molecular flexibility index (Phi) is 5.86. The Balaban J connectivity index is 2.35. The summed E-state index contributed by atoms with van der Waals surface area (Å²) in [5, 5.41) is 0.0629. The highest BCUT2D eigenvalue weighted by molar-refractivity contribution is 7.92. The molecule has 0 aliphatic heterocycles. The Labute approximate surface area is 149 Å². The highest BCUT2D eigenvalue weighted by Gasteiger charge is 2.20. The van der Waals surface area contributed by atoms with E-state index >= 15 is 0 Å². The van der Waals surface area contributed by atoms with E-state index < -0.39 is 21.8 Å². The van der Waals surface area contributed by atoms with Crippen LogP contribution >= 0.6 is 11.6 Å². The summed E-state index contributed by atoms with van der Waals surface area (Å²) in [7, 11) is -2.76. The van der Waals surface area contributed by atoms with Crippen molar-refractivity contribution in [1.82, 2.24) is 0 Å². The second kappa shape index (κ2) is 7.71. The Hall–Kier alpha value is -2.32. The van der Waals surface area contributed by atoms with Gasteiger partial charge in [0.15, 0.2) is 11.6 Å². The normalized spacial score (nSPS) is 11.0. The number of carbonyl (C=O) groups is 1. The highest BCUT2D eigenvalue weighted by atomic mass is 35.5. The van der Waals surface area contributed by atoms with Crippen LogP contribution in [0, 0.1) is 5.82 Å². The number of sulfonamides is 1. The van der Waals surface area contributed by atoms with Gasteiger partial charge in [0.2, 0.25) is 0 Å². The Morgan fingerprint density at radius 2 is 1.96 bits per heavy atom. The molecule has 0 aliphatic carbocycles. The first-order chi connectivity index (χ1) is 11.8. The zero-order valence-electron chi connectivity index (χ0n) is 13.4. The first kappa shape index (κ1) is 19.0. The summed E-state index contributed by atoms with van der Waals surface area (Å²) < 4.78 is 50.4. The smallest absolute Gasteiger partial charge is 0.339 e. The second-order valence-electron chi connectivity index (χ2n) is 4.82. The lowest BCUT2D eigenvalue weighted by atomic mass is 10.2. The average molecular weight is 388 g/mol. The van der Waals surface area contributed by atoms with Crippen LogP contribution in [0.15, 0.2) is 41.3 Å². The summed E-state index contributed by atoms with van der Waals surface area (Å²) in [5.74, 6) is -1.47. The van der Waals surface area contributed by atoms with E-state index in [2.05, 4.69) is 4.72 Å². The number of esters is 1. The summed E-state index contributed by atoms with van der Waals surface area (Å²) >= 11 is 5.91. The van der Waals surface area contributed by atoms with Crippen molar-refractivity contribution in [2.75, 3.05) is 18.4 Å². The van der Waals surface area contributed by atoms with Crippen LogP contribution in [-0.4, -0.2) is 28.1 Å². The van der Waals surface area contributed by atoms with Crippen molar-refractivity contribution in [2.45, 2.75) is 11.8 Å². The Bertz CT molecular complexity index is 901. The minimum absolute atomic E-state index is 0.00550. The van der Waals surface area contributed by atoms with Crippen LogP contribution in [0.5, 0.6) is 5.75 Å². The van der Waals surface area contributed by atoms with E-state index in [1.54, 1.807) is 6.92 Å². The lowest BCUT2D eigenvalue weighted by molar-refractivity contribution is 0.0526. The monoisotopic (exact) mass is 387 g/mol. The molecule has 0 amide bonds. The van der Waals surface area contributed by atoms with E-state index in [9.17, 15) is 17.6 Å². The molecule has 0 aliphatic rings. The predicted molar refractivity (Wildman–Crippen MR) is 91.2 cm³/mol. The standard InChI is InChI=1S/C16H15ClFNO5S/c1-3-24-16(20)12-9-11(5-6-13(12)17)25(21,22)19-10-4-7-15(23-2)14(18)8-10/h4-9,19H,3H2,1-2H3. The van der Waals surface area contributed by atoms with E-state index in [0.29, 0.717) is 0 Å². The number of anilines is 1. The maximum absolute atomic E-state index is 13.7. The molecule has 134 valence electrons. The van der Waals surface area contributed by atoms with Crippen LogP contribution in [0.4, 0.5) is 10.1 Å². The fourth-order valence-corrected chi connectivity index (χ4v) is 3.25. The van der Waals surface area contributed by atoms with Crippen LogP contribution in [0.1, 0.15) is 17.3 Å². The summed E-state index contributed by atoms with van der Waals surface area (Å²) in [4.78, 5) is 11.6. The topological polar surface area (TPSA) is 81.7 Å². The molecule has 1 N–H and O–H groups in total. The maximum Gasteiger partial charge on any atom is 0.339 e. The van der Waals surface area contributed by atoms with E-state index in [1.807, 2.05) is 0 Å². The number of hydrogen-bond donors (Lipinski definition) is 1. The summed E-state index contributed by atoms with van der Waals surface area (Å²) in [6.07, 6.45) is 0. The van der Waals surface area contributed by atoms with Gasteiger partial charge < -0.3 is 9.47 Å². The van der Waals surface area contributed by atoms with Crippen LogP contribution in [-0.2, 0) is 14.8 Å². The fraction of sp³-hybridized carbons (Fsp3) is 0.188. The van der Waals surface area contributed by atoms with Gasteiger partial charge in [0.1, 0.15) is 0 Å². The summed E-state index contributed by atoms with van der Waals surface area (Å²) in [6.45, 7) is 1.74.